The summed E-state index contributed by atoms with van der Waals surface area (Å²) in [5.41, 5.74) is 6.17. The summed E-state index contributed by atoms with van der Waals surface area (Å²) in [5, 5.41) is 0. The Morgan fingerprint density at radius 1 is 1.25 bits per heavy atom. The van der Waals surface area contributed by atoms with Crippen molar-refractivity contribution in [3.63, 3.8) is 0 Å². The molecule has 2 aromatic rings. The number of aromatic nitrogens is 2. The third-order valence-electron chi connectivity index (χ3n) is 1.92. The molecule has 0 spiro atoms. The van der Waals surface area contributed by atoms with Crippen LogP contribution in [0.4, 0.5) is 0 Å². The molecule has 2 N–H and O–H groups in total. The first kappa shape index (κ1) is 11.0. The highest BCUT2D eigenvalue weighted by Gasteiger charge is 2.03. The Labute approximate surface area is 102 Å². The Bertz CT molecular complexity index is 490. The monoisotopic (exact) mass is 279 g/mol. The smallest absolute Gasteiger partial charge is 0.238 e. The number of hydrogen-bond donors (Lipinski definition) is 1. The number of rotatable bonds is 3. The van der Waals surface area contributed by atoms with Crippen molar-refractivity contribution in [2.24, 2.45) is 5.73 Å². The Balaban J connectivity index is 2.24. The Kier molecular flexibility index (Phi) is 3.48. The van der Waals surface area contributed by atoms with Crippen molar-refractivity contribution < 1.29 is 4.74 Å². The third kappa shape index (κ3) is 2.56. The van der Waals surface area contributed by atoms with Crippen LogP contribution in [-0.2, 0) is 6.54 Å². The molecule has 0 fully saturated rings. The van der Waals surface area contributed by atoms with Gasteiger partial charge in [-0.25, -0.2) is 4.98 Å². The second kappa shape index (κ2) is 5.05. The molecule has 1 heterocycles. The molecule has 0 atom stereocenters. The molecular weight excluding hydrogens is 270 g/mol. The second-order valence-corrected chi connectivity index (χ2v) is 3.94. The van der Waals surface area contributed by atoms with Gasteiger partial charge < -0.3 is 10.5 Å². The van der Waals surface area contributed by atoms with Crippen LogP contribution in [0.15, 0.2) is 41.1 Å². The lowest BCUT2D eigenvalue weighted by atomic mass is 10.3. The lowest BCUT2D eigenvalue weighted by molar-refractivity contribution is 0.455. The fourth-order valence-corrected chi connectivity index (χ4v) is 1.54. The van der Waals surface area contributed by atoms with E-state index in [0.717, 1.165) is 4.47 Å². The average molecular weight is 280 g/mol. The van der Waals surface area contributed by atoms with Gasteiger partial charge in [0.05, 0.1) is 16.4 Å². The molecule has 2 rings (SSSR count). The zero-order valence-corrected chi connectivity index (χ0v) is 10.0. The van der Waals surface area contributed by atoms with E-state index in [2.05, 4.69) is 25.9 Å². The molecular formula is C11H10BrN3O. The second-order valence-electron chi connectivity index (χ2n) is 3.09. The maximum absolute atomic E-state index is 5.58. The number of para-hydroxylation sites is 1. The summed E-state index contributed by atoms with van der Waals surface area (Å²) >= 11 is 3.39. The van der Waals surface area contributed by atoms with Crippen LogP contribution in [0.5, 0.6) is 11.6 Å². The van der Waals surface area contributed by atoms with Gasteiger partial charge >= 0.3 is 0 Å². The molecule has 5 heteroatoms. The molecule has 0 unspecified atom stereocenters. The van der Waals surface area contributed by atoms with Crippen LogP contribution in [0.3, 0.4) is 0 Å². The summed E-state index contributed by atoms with van der Waals surface area (Å²) in [6, 6.07) is 7.55. The van der Waals surface area contributed by atoms with Gasteiger partial charge in [0.15, 0.2) is 0 Å². The molecule has 0 saturated heterocycles. The predicted molar refractivity (Wildman–Crippen MR) is 64.1 cm³/mol. The number of ether oxygens (including phenoxy) is 1. The van der Waals surface area contributed by atoms with Crippen molar-refractivity contribution in [1.29, 1.82) is 0 Å². The molecule has 0 aliphatic rings. The van der Waals surface area contributed by atoms with Gasteiger partial charge in [-0.15, -0.1) is 0 Å². The maximum Gasteiger partial charge on any atom is 0.238 e. The van der Waals surface area contributed by atoms with Gasteiger partial charge in [-0.2, -0.15) is 0 Å². The van der Waals surface area contributed by atoms with E-state index >= 15 is 0 Å². The SMILES string of the molecule is NCc1cncc(Oc2ccccc2Br)n1. The quantitative estimate of drug-likeness (QED) is 0.938. The molecule has 1 aromatic heterocycles. The minimum Gasteiger partial charge on any atom is -0.436 e. The van der Waals surface area contributed by atoms with Gasteiger partial charge in [0, 0.05) is 12.7 Å². The summed E-state index contributed by atoms with van der Waals surface area (Å²) < 4.78 is 6.45. The summed E-state index contributed by atoms with van der Waals surface area (Å²) in [6.45, 7) is 0.347. The molecule has 16 heavy (non-hydrogen) atoms. The molecule has 0 radical (unpaired) electrons. The topological polar surface area (TPSA) is 61.0 Å². The summed E-state index contributed by atoms with van der Waals surface area (Å²) in [7, 11) is 0. The fraction of sp³-hybridized carbons (Fsp3) is 0.0909. The van der Waals surface area contributed by atoms with E-state index in [-0.39, 0.29) is 0 Å². The first-order valence-corrected chi connectivity index (χ1v) is 5.52. The van der Waals surface area contributed by atoms with E-state index in [1.165, 1.54) is 0 Å². The first-order valence-electron chi connectivity index (χ1n) is 4.73. The van der Waals surface area contributed by atoms with Gasteiger partial charge in [0.2, 0.25) is 5.88 Å². The number of nitrogens with two attached hydrogens (primary N) is 1. The van der Waals surface area contributed by atoms with Crippen LogP contribution in [0.25, 0.3) is 0 Å². The van der Waals surface area contributed by atoms with Crippen LogP contribution in [0.1, 0.15) is 5.69 Å². The van der Waals surface area contributed by atoms with Crippen molar-refractivity contribution in [3.8, 4) is 11.6 Å². The van der Waals surface area contributed by atoms with Crippen LogP contribution in [-0.4, -0.2) is 9.97 Å². The zero-order chi connectivity index (χ0) is 11.4. The number of halogens is 1. The minimum atomic E-state index is 0.347. The van der Waals surface area contributed by atoms with Crippen molar-refractivity contribution in [2.75, 3.05) is 0 Å². The largest absolute Gasteiger partial charge is 0.436 e. The highest BCUT2D eigenvalue weighted by Crippen LogP contribution is 2.27. The van der Waals surface area contributed by atoms with E-state index in [4.69, 9.17) is 10.5 Å². The minimum absolute atomic E-state index is 0.347. The standard InChI is InChI=1S/C11H10BrN3O/c12-9-3-1-2-4-10(9)16-11-7-14-6-8(5-13)15-11/h1-4,6-7H,5,13H2. The first-order chi connectivity index (χ1) is 7.79. The highest BCUT2D eigenvalue weighted by atomic mass is 79.9. The van der Waals surface area contributed by atoms with Crippen LogP contribution in [0.2, 0.25) is 0 Å². The van der Waals surface area contributed by atoms with E-state index < -0.39 is 0 Å². The number of nitrogens with zero attached hydrogens (tertiary/aromatic N) is 2. The molecule has 82 valence electrons. The van der Waals surface area contributed by atoms with E-state index in [9.17, 15) is 0 Å². The third-order valence-corrected chi connectivity index (χ3v) is 2.58. The summed E-state index contributed by atoms with van der Waals surface area (Å²) in [6.07, 6.45) is 3.17. The van der Waals surface area contributed by atoms with E-state index in [0.29, 0.717) is 23.9 Å². The lowest BCUT2D eigenvalue weighted by Gasteiger charge is -2.06. The molecule has 4 nitrogen and oxygen atoms in total. The van der Waals surface area contributed by atoms with Gasteiger partial charge in [0.25, 0.3) is 0 Å². The van der Waals surface area contributed by atoms with Crippen molar-refractivity contribution >= 4 is 15.9 Å². The van der Waals surface area contributed by atoms with Gasteiger partial charge in [-0.3, -0.25) is 4.98 Å². The fourth-order valence-electron chi connectivity index (χ4n) is 1.17. The number of benzene rings is 1. The average Bonchev–Trinajstić information content (AvgIpc) is 2.32. The molecule has 1 aromatic carbocycles. The molecule has 0 aliphatic carbocycles. The molecule has 0 amide bonds. The predicted octanol–water partition coefficient (Wildman–Crippen LogP) is 2.49. The van der Waals surface area contributed by atoms with Gasteiger partial charge in [-0.1, -0.05) is 12.1 Å². The molecule has 0 aliphatic heterocycles. The lowest BCUT2D eigenvalue weighted by Crippen LogP contribution is -2.01. The Hall–Kier alpha value is -1.46. The zero-order valence-electron chi connectivity index (χ0n) is 8.43. The van der Waals surface area contributed by atoms with Gasteiger partial charge in [0.1, 0.15) is 5.75 Å². The van der Waals surface area contributed by atoms with Gasteiger partial charge in [-0.05, 0) is 28.1 Å². The highest BCUT2D eigenvalue weighted by molar-refractivity contribution is 9.10. The maximum atomic E-state index is 5.58. The normalized spacial score (nSPS) is 10.1. The molecule has 0 saturated carbocycles. The van der Waals surface area contributed by atoms with E-state index in [1.54, 1.807) is 12.4 Å². The van der Waals surface area contributed by atoms with Crippen molar-refractivity contribution in [3.05, 3.63) is 46.8 Å². The Morgan fingerprint density at radius 2 is 2.06 bits per heavy atom. The van der Waals surface area contributed by atoms with Crippen molar-refractivity contribution in [2.45, 2.75) is 6.54 Å². The van der Waals surface area contributed by atoms with Crippen LogP contribution in [0, 0.1) is 0 Å². The Morgan fingerprint density at radius 3 is 2.81 bits per heavy atom. The number of hydrogen-bond acceptors (Lipinski definition) is 4. The van der Waals surface area contributed by atoms with Crippen LogP contribution >= 0.6 is 15.9 Å². The summed E-state index contributed by atoms with van der Waals surface area (Å²) in [5.74, 6) is 1.14. The van der Waals surface area contributed by atoms with Crippen LogP contribution < -0.4 is 10.5 Å². The van der Waals surface area contributed by atoms with Crippen molar-refractivity contribution in [1.82, 2.24) is 9.97 Å². The van der Waals surface area contributed by atoms with E-state index in [1.807, 2.05) is 24.3 Å². The molecule has 0 bridgehead atoms. The summed E-state index contributed by atoms with van der Waals surface area (Å²) in [4.78, 5) is 8.20.